The molecule has 1 aromatic heterocycles. The molecule has 1 aliphatic carbocycles. The first kappa shape index (κ1) is 38.8. The first-order valence-electron chi connectivity index (χ1n) is 19.5. The summed E-state index contributed by atoms with van der Waals surface area (Å²) in [6.07, 6.45) is 12.4. The van der Waals surface area contributed by atoms with Crippen molar-refractivity contribution in [1.29, 1.82) is 0 Å². The van der Waals surface area contributed by atoms with Crippen molar-refractivity contribution in [2.75, 3.05) is 6.54 Å². The lowest BCUT2D eigenvalue weighted by atomic mass is 9.85. The number of hydrogen-bond acceptors (Lipinski definition) is 4. The summed E-state index contributed by atoms with van der Waals surface area (Å²) < 4.78 is 6.34. The number of pyridine rings is 1. The Bertz CT molecular complexity index is 1760. The van der Waals surface area contributed by atoms with Crippen LogP contribution in [0.4, 0.5) is 0 Å². The highest BCUT2D eigenvalue weighted by Gasteiger charge is 2.22. The number of nitrogens with zero attached hydrogens (tertiary/aromatic N) is 2. The minimum absolute atomic E-state index is 0.214. The molecule has 1 N–H and O–H groups in total. The Morgan fingerprint density at radius 3 is 1.90 bits per heavy atom. The number of ether oxygens (including phenoxy) is 1. The fourth-order valence-electron chi connectivity index (χ4n) is 7.78. The summed E-state index contributed by atoms with van der Waals surface area (Å²) in [6, 6.07) is 39.3. The summed E-state index contributed by atoms with van der Waals surface area (Å²) in [4.78, 5) is 6.68. The second kappa shape index (κ2) is 19.4. The van der Waals surface area contributed by atoms with E-state index in [1.807, 2.05) is 30.6 Å². The van der Waals surface area contributed by atoms with Crippen molar-refractivity contribution >= 4 is 0 Å². The van der Waals surface area contributed by atoms with Gasteiger partial charge in [0.2, 0.25) is 0 Å². The van der Waals surface area contributed by atoms with Crippen LogP contribution in [0.5, 0.6) is 11.5 Å². The van der Waals surface area contributed by atoms with Crippen LogP contribution in [-0.4, -0.2) is 39.7 Å². The van der Waals surface area contributed by atoms with E-state index in [0.29, 0.717) is 29.9 Å². The third kappa shape index (κ3) is 11.0. The van der Waals surface area contributed by atoms with Gasteiger partial charge in [0.05, 0.1) is 6.10 Å². The lowest BCUT2D eigenvalue weighted by Gasteiger charge is -2.32. The average molecular weight is 697 g/mol. The molecule has 4 nitrogen and oxygen atoms in total. The van der Waals surface area contributed by atoms with Crippen LogP contribution in [0, 0.1) is 13.8 Å². The van der Waals surface area contributed by atoms with Crippen LogP contribution in [0.3, 0.4) is 0 Å². The van der Waals surface area contributed by atoms with E-state index < -0.39 is 0 Å². The molecular weight excluding hydrogens is 637 g/mol. The largest absolute Gasteiger partial charge is 0.508 e. The number of benzene rings is 4. The molecule has 1 heterocycles. The first-order chi connectivity index (χ1) is 25.2. The maximum Gasteiger partial charge on any atom is 0.122 e. The summed E-state index contributed by atoms with van der Waals surface area (Å²) in [7, 11) is 0. The topological polar surface area (TPSA) is 45.6 Å². The number of phenols is 1. The molecular formula is C48H60N2O2. The monoisotopic (exact) mass is 696 g/mol. The Labute approximate surface area is 313 Å². The van der Waals surface area contributed by atoms with Crippen molar-refractivity contribution in [3.05, 3.63) is 161 Å². The van der Waals surface area contributed by atoms with Gasteiger partial charge in [0, 0.05) is 41.9 Å². The van der Waals surface area contributed by atoms with Crippen molar-refractivity contribution in [3.8, 4) is 11.5 Å². The Hall–Kier alpha value is -4.41. The van der Waals surface area contributed by atoms with Gasteiger partial charge in [-0.25, -0.2) is 0 Å². The molecule has 52 heavy (non-hydrogen) atoms. The highest BCUT2D eigenvalue weighted by atomic mass is 16.5. The predicted molar refractivity (Wildman–Crippen MR) is 218 cm³/mol. The smallest absolute Gasteiger partial charge is 0.122 e. The van der Waals surface area contributed by atoms with Crippen LogP contribution >= 0.6 is 0 Å². The Balaban J connectivity index is 0.000000204. The van der Waals surface area contributed by atoms with Crippen LogP contribution in [-0.2, 0) is 6.42 Å². The molecule has 0 spiro atoms. The number of hydrogen-bond donors (Lipinski definition) is 1. The number of rotatable bonds is 13. The highest BCUT2D eigenvalue weighted by Crippen LogP contribution is 2.36. The molecule has 0 bridgehead atoms. The standard InChI is InChI=1S/C26H29NO.C22H31NO/c1-20-18-23(12-13-26(20)28-24-10-6-3-7-11-24)25(22-8-4-2-5-9-22)19-21-14-16-27-17-15-21;1-16(2)23(17(3)4)14-13-20(19-9-7-6-8-10-19)21-15-18(5)11-12-22(21)24/h2,4-5,8-9,12-18,24-25H,3,6-7,10-11,19H2,1H3;6-12,15-17,20,24H,13-14H2,1-5H3. The maximum absolute atomic E-state index is 10.4. The van der Waals surface area contributed by atoms with Gasteiger partial charge in [-0.05, 0) is 139 Å². The molecule has 1 aliphatic rings. The number of aryl methyl sites for hydroxylation is 2. The van der Waals surface area contributed by atoms with Gasteiger partial charge in [0.1, 0.15) is 11.5 Å². The fourth-order valence-corrected chi connectivity index (χ4v) is 7.78. The van der Waals surface area contributed by atoms with E-state index in [9.17, 15) is 5.11 Å². The van der Waals surface area contributed by atoms with Crippen molar-refractivity contribution in [2.45, 2.75) is 117 Å². The van der Waals surface area contributed by atoms with Gasteiger partial charge in [-0.15, -0.1) is 0 Å². The number of aromatic nitrogens is 1. The van der Waals surface area contributed by atoms with Crippen molar-refractivity contribution in [1.82, 2.24) is 9.88 Å². The Morgan fingerprint density at radius 1 is 0.692 bits per heavy atom. The van der Waals surface area contributed by atoms with Crippen LogP contribution in [0.2, 0.25) is 0 Å². The molecule has 5 aromatic rings. The molecule has 6 rings (SSSR count). The number of phenolic OH excluding ortho intramolecular Hbond substituents is 1. The molecule has 0 radical (unpaired) electrons. The van der Waals surface area contributed by atoms with Crippen LogP contribution < -0.4 is 4.74 Å². The molecule has 1 fully saturated rings. The predicted octanol–water partition coefficient (Wildman–Crippen LogP) is 11.8. The van der Waals surface area contributed by atoms with E-state index in [4.69, 9.17) is 4.74 Å². The van der Waals surface area contributed by atoms with Gasteiger partial charge in [0.15, 0.2) is 0 Å². The quantitative estimate of drug-likeness (QED) is 0.133. The summed E-state index contributed by atoms with van der Waals surface area (Å²) in [5.41, 5.74) is 8.73. The van der Waals surface area contributed by atoms with Crippen molar-refractivity contribution in [2.24, 2.45) is 0 Å². The summed E-state index contributed by atoms with van der Waals surface area (Å²) in [6.45, 7) is 14.3. The first-order valence-corrected chi connectivity index (χ1v) is 19.5. The third-order valence-electron chi connectivity index (χ3n) is 10.6. The molecule has 4 aromatic carbocycles. The fraction of sp³-hybridized carbons (Fsp3) is 0.396. The Kier molecular flexibility index (Phi) is 14.5. The zero-order valence-electron chi connectivity index (χ0n) is 32.3. The lowest BCUT2D eigenvalue weighted by molar-refractivity contribution is 0.154. The summed E-state index contributed by atoms with van der Waals surface area (Å²) >= 11 is 0. The minimum Gasteiger partial charge on any atom is -0.508 e. The van der Waals surface area contributed by atoms with E-state index >= 15 is 0 Å². The van der Waals surface area contributed by atoms with Crippen LogP contribution in [0.15, 0.2) is 122 Å². The van der Waals surface area contributed by atoms with Crippen LogP contribution in [0.1, 0.15) is 117 Å². The van der Waals surface area contributed by atoms with Crippen LogP contribution in [0.25, 0.3) is 0 Å². The van der Waals surface area contributed by atoms with E-state index in [1.165, 1.54) is 65.5 Å². The normalized spacial score (nSPS) is 14.6. The highest BCUT2D eigenvalue weighted by molar-refractivity contribution is 5.44. The maximum atomic E-state index is 10.4. The second-order valence-electron chi connectivity index (χ2n) is 15.2. The van der Waals surface area contributed by atoms with E-state index in [2.05, 4.69) is 142 Å². The summed E-state index contributed by atoms with van der Waals surface area (Å²) in [5.74, 6) is 1.98. The molecule has 1 saturated carbocycles. The van der Waals surface area contributed by atoms with E-state index in [-0.39, 0.29) is 5.92 Å². The molecule has 2 unspecified atom stereocenters. The lowest BCUT2D eigenvalue weighted by Crippen LogP contribution is -2.38. The molecule has 0 amide bonds. The molecule has 0 saturated heterocycles. The SMILES string of the molecule is Cc1cc(C(Cc2ccncc2)c2ccccc2)ccc1OC1CCCCC1.Cc1ccc(O)c(C(CCN(C(C)C)C(C)C)c2ccccc2)c1. The molecule has 0 aliphatic heterocycles. The van der Waals surface area contributed by atoms with Gasteiger partial charge in [-0.1, -0.05) is 96.9 Å². The van der Waals surface area contributed by atoms with Gasteiger partial charge < -0.3 is 9.84 Å². The zero-order valence-corrected chi connectivity index (χ0v) is 32.3. The number of aromatic hydroxyl groups is 1. The second-order valence-corrected chi connectivity index (χ2v) is 15.2. The molecule has 2 atom stereocenters. The third-order valence-corrected chi connectivity index (χ3v) is 10.6. The van der Waals surface area contributed by atoms with E-state index in [0.717, 1.165) is 30.7 Å². The van der Waals surface area contributed by atoms with Gasteiger partial charge in [0.25, 0.3) is 0 Å². The molecule has 4 heteroatoms. The van der Waals surface area contributed by atoms with Gasteiger partial charge in [-0.3, -0.25) is 9.88 Å². The van der Waals surface area contributed by atoms with Gasteiger partial charge in [-0.2, -0.15) is 0 Å². The van der Waals surface area contributed by atoms with Crippen molar-refractivity contribution in [3.63, 3.8) is 0 Å². The minimum atomic E-state index is 0.214. The van der Waals surface area contributed by atoms with Crippen molar-refractivity contribution < 1.29 is 9.84 Å². The molecule has 274 valence electrons. The zero-order chi connectivity index (χ0) is 36.9. The summed E-state index contributed by atoms with van der Waals surface area (Å²) in [5, 5.41) is 10.4. The van der Waals surface area contributed by atoms with Gasteiger partial charge >= 0.3 is 0 Å². The Morgan fingerprint density at radius 2 is 1.31 bits per heavy atom. The van der Waals surface area contributed by atoms with E-state index in [1.54, 1.807) is 0 Å². The average Bonchev–Trinajstić information content (AvgIpc) is 3.16.